The lowest BCUT2D eigenvalue weighted by molar-refractivity contribution is 0.0530. The number of hydrogen-bond acceptors (Lipinski definition) is 6. The average molecular weight is 286 g/mol. The van der Waals surface area contributed by atoms with Crippen molar-refractivity contribution in [3.8, 4) is 0 Å². The minimum atomic E-state index is -3.22. The standard InChI is InChI=1S/C12H18N2O4S/c1-8(2)19(16,17)6-5-18-12(15)10-4-3-9(13)7-11(10)14/h3-4,7-8H,5-6,13-14H2,1-2H3. The molecule has 0 fully saturated rings. The fourth-order valence-corrected chi connectivity index (χ4v) is 2.12. The normalized spacial score (nSPS) is 11.5. The van der Waals surface area contributed by atoms with Crippen molar-refractivity contribution in [2.24, 2.45) is 0 Å². The molecule has 19 heavy (non-hydrogen) atoms. The third kappa shape index (κ3) is 4.13. The van der Waals surface area contributed by atoms with Crippen LogP contribution < -0.4 is 11.5 Å². The number of rotatable bonds is 5. The van der Waals surface area contributed by atoms with Gasteiger partial charge >= 0.3 is 5.97 Å². The van der Waals surface area contributed by atoms with Gasteiger partial charge in [-0.25, -0.2) is 13.2 Å². The van der Waals surface area contributed by atoms with Crippen LogP contribution in [0.5, 0.6) is 0 Å². The van der Waals surface area contributed by atoms with E-state index in [1.807, 2.05) is 0 Å². The summed E-state index contributed by atoms with van der Waals surface area (Å²) in [6, 6.07) is 4.42. The molecule has 0 saturated carbocycles. The summed E-state index contributed by atoms with van der Waals surface area (Å²) in [7, 11) is -3.22. The first-order valence-electron chi connectivity index (χ1n) is 5.77. The van der Waals surface area contributed by atoms with E-state index in [1.54, 1.807) is 13.8 Å². The highest BCUT2D eigenvalue weighted by molar-refractivity contribution is 7.91. The van der Waals surface area contributed by atoms with E-state index >= 15 is 0 Å². The molecule has 0 radical (unpaired) electrons. The van der Waals surface area contributed by atoms with E-state index in [0.29, 0.717) is 5.69 Å². The number of benzene rings is 1. The Kier molecular flexibility index (Phi) is 4.77. The molecule has 6 nitrogen and oxygen atoms in total. The molecule has 0 atom stereocenters. The number of nitrogen functional groups attached to an aromatic ring is 2. The van der Waals surface area contributed by atoms with Crippen LogP contribution in [0.15, 0.2) is 18.2 Å². The molecule has 0 aliphatic rings. The van der Waals surface area contributed by atoms with E-state index in [2.05, 4.69) is 0 Å². The Morgan fingerprint density at radius 2 is 1.95 bits per heavy atom. The number of carbonyl (C=O) groups is 1. The highest BCUT2D eigenvalue weighted by Crippen LogP contribution is 2.16. The van der Waals surface area contributed by atoms with E-state index in [1.165, 1.54) is 18.2 Å². The fraction of sp³-hybridized carbons (Fsp3) is 0.417. The van der Waals surface area contributed by atoms with Gasteiger partial charge in [0.15, 0.2) is 9.84 Å². The van der Waals surface area contributed by atoms with Crippen molar-refractivity contribution in [3.63, 3.8) is 0 Å². The van der Waals surface area contributed by atoms with E-state index < -0.39 is 21.1 Å². The van der Waals surface area contributed by atoms with E-state index in [0.717, 1.165) is 0 Å². The van der Waals surface area contributed by atoms with Gasteiger partial charge in [0.25, 0.3) is 0 Å². The van der Waals surface area contributed by atoms with Crippen LogP contribution >= 0.6 is 0 Å². The van der Waals surface area contributed by atoms with Crippen LogP contribution in [-0.4, -0.2) is 32.0 Å². The summed E-state index contributed by atoms with van der Waals surface area (Å²) in [5.74, 6) is -0.859. The zero-order chi connectivity index (χ0) is 14.6. The van der Waals surface area contributed by atoms with Crippen LogP contribution in [-0.2, 0) is 14.6 Å². The van der Waals surface area contributed by atoms with E-state index in [9.17, 15) is 13.2 Å². The number of hydrogen-bond donors (Lipinski definition) is 2. The molecule has 1 aromatic rings. The molecule has 0 saturated heterocycles. The van der Waals surface area contributed by atoms with Crippen LogP contribution in [0.4, 0.5) is 11.4 Å². The molecule has 0 aliphatic carbocycles. The lowest BCUT2D eigenvalue weighted by Gasteiger charge is -2.09. The lowest BCUT2D eigenvalue weighted by Crippen LogP contribution is -2.22. The monoisotopic (exact) mass is 286 g/mol. The Labute approximate surface area is 112 Å². The number of ether oxygens (including phenoxy) is 1. The summed E-state index contributed by atoms with van der Waals surface area (Å²) in [5.41, 5.74) is 12.0. The van der Waals surface area contributed by atoms with Crippen molar-refractivity contribution < 1.29 is 17.9 Å². The molecule has 0 amide bonds. The predicted molar refractivity (Wildman–Crippen MR) is 74.5 cm³/mol. The Balaban J connectivity index is 2.62. The first-order valence-corrected chi connectivity index (χ1v) is 7.49. The van der Waals surface area contributed by atoms with Gasteiger partial charge in [-0.1, -0.05) is 0 Å². The lowest BCUT2D eigenvalue weighted by atomic mass is 10.1. The molecule has 0 aliphatic heterocycles. The summed E-state index contributed by atoms with van der Waals surface area (Å²) in [6.07, 6.45) is 0. The largest absolute Gasteiger partial charge is 0.461 e. The second-order valence-electron chi connectivity index (χ2n) is 4.40. The third-order valence-corrected chi connectivity index (χ3v) is 4.79. The summed E-state index contributed by atoms with van der Waals surface area (Å²) >= 11 is 0. The zero-order valence-electron chi connectivity index (χ0n) is 10.9. The Morgan fingerprint density at radius 3 is 2.47 bits per heavy atom. The number of nitrogens with two attached hydrogens (primary N) is 2. The van der Waals surface area contributed by atoms with Gasteiger partial charge in [-0.15, -0.1) is 0 Å². The Morgan fingerprint density at radius 1 is 1.32 bits per heavy atom. The van der Waals surface area contributed by atoms with Crippen LogP contribution in [0.25, 0.3) is 0 Å². The van der Waals surface area contributed by atoms with Crippen molar-refractivity contribution >= 4 is 27.2 Å². The number of anilines is 2. The number of esters is 1. The van der Waals surface area contributed by atoms with Gasteiger partial charge < -0.3 is 16.2 Å². The van der Waals surface area contributed by atoms with E-state index in [4.69, 9.17) is 16.2 Å². The van der Waals surface area contributed by atoms with Gasteiger partial charge in [0.2, 0.25) is 0 Å². The minimum absolute atomic E-state index is 0.177. The van der Waals surface area contributed by atoms with Crippen molar-refractivity contribution in [2.75, 3.05) is 23.8 Å². The van der Waals surface area contributed by atoms with Crippen LogP contribution in [0.2, 0.25) is 0 Å². The van der Waals surface area contributed by atoms with Crippen LogP contribution in [0, 0.1) is 0 Å². The summed E-state index contributed by atoms with van der Waals surface area (Å²) in [6.45, 7) is 2.97. The Bertz CT molecular complexity index is 567. The SMILES string of the molecule is CC(C)S(=O)(=O)CCOC(=O)c1ccc(N)cc1N. The molecular weight excluding hydrogens is 268 g/mol. The molecule has 0 spiro atoms. The van der Waals surface area contributed by atoms with E-state index in [-0.39, 0.29) is 23.6 Å². The third-order valence-electron chi connectivity index (χ3n) is 2.61. The molecule has 1 rings (SSSR count). The topological polar surface area (TPSA) is 112 Å². The van der Waals surface area contributed by atoms with Gasteiger partial charge in [0.05, 0.1) is 16.6 Å². The maximum Gasteiger partial charge on any atom is 0.340 e. The van der Waals surface area contributed by atoms with Gasteiger partial charge in [0.1, 0.15) is 6.61 Å². The smallest absolute Gasteiger partial charge is 0.340 e. The molecule has 106 valence electrons. The second-order valence-corrected chi connectivity index (χ2v) is 7.08. The van der Waals surface area contributed by atoms with Gasteiger partial charge in [-0.2, -0.15) is 0 Å². The fourth-order valence-electron chi connectivity index (χ4n) is 1.33. The maximum atomic E-state index is 11.7. The first-order chi connectivity index (χ1) is 8.74. The zero-order valence-corrected chi connectivity index (χ0v) is 11.7. The quantitative estimate of drug-likeness (QED) is 0.612. The number of carbonyl (C=O) groups excluding carboxylic acids is 1. The van der Waals surface area contributed by atoms with Crippen molar-refractivity contribution in [3.05, 3.63) is 23.8 Å². The molecule has 0 heterocycles. The van der Waals surface area contributed by atoms with Gasteiger partial charge in [-0.05, 0) is 32.0 Å². The highest BCUT2D eigenvalue weighted by atomic mass is 32.2. The minimum Gasteiger partial charge on any atom is -0.461 e. The molecule has 0 unspecified atom stereocenters. The molecule has 7 heteroatoms. The van der Waals surface area contributed by atoms with Crippen LogP contribution in [0.3, 0.4) is 0 Å². The predicted octanol–water partition coefficient (Wildman–Crippen LogP) is 0.831. The van der Waals surface area contributed by atoms with Crippen molar-refractivity contribution in [1.82, 2.24) is 0 Å². The van der Waals surface area contributed by atoms with Crippen LogP contribution in [0.1, 0.15) is 24.2 Å². The van der Waals surface area contributed by atoms with Gasteiger partial charge in [0, 0.05) is 11.4 Å². The van der Waals surface area contributed by atoms with Crippen molar-refractivity contribution in [1.29, 1.82) is 0 Å². The molecular formula is C12H18N2O4S. The first kappa shape index (κ1) is 15.3. The summed E-state index contributed by atoms with van der Waals surface area (Å²) in [5, 5.41) is -0.493. The average Bonchev–Trinajstić information content (AvgIpc) is 2.28. The molecule has 0 aromatic heterocycles. The highest BCUT2D eigenvalue weighted by Gasteiger charge is 2.18. The summed E-state index contributed by atoms with van der Waals surface area (Å²) < 4.78 is 28.0. The Hall–Kier alpha value is -1.76. The van der Waals surface area contributed by atoms with Gasteiger partial charge in [-0.3, -0.25) is 0 Å². The maximum absolute atomic E-state index is 11.7. The molecule has 0 bridgehead atoms. The van der Waals surface area contributed by atoms with Crippen molar-refractivity contribution in [2.45, 2.75) is 19.1 Å². The number of sulfone groups is 1. The summed E-state index contributed by atoms with van der Waals surface area (Å²) in [4.78, 5) is 11.7. The molecule has 1 aromatic carbocycles. The second kappa shape index (κ2) is 5.92. The molecule has 4 N–H and O–H groups in total.